The third-order valence-corrected chi connectivity index (χ3v) is 1.43. The Kier molecular flexibility index (Phi) is 8.07. The van der Waals surface area contributed by atoms with Crippen LogP contribution in [0.4, 0.5) is 0 Å². The molecule has 0 radical (unpaired) electrons. The maximum atomic E-state index is 10.3. The van der Waals surface area contributed by atoms with Crippen molar-refractivity contribution in [2.45, 2.75) is 0 Å². The molecular formula is C5H9NaO5S. The van der Waals surface area contributed by atoms with E-state index in [-0.39, 0.29) is 37.6 Å². The van der Waals surface area contributed by atoms with Crippen LogP contribution >= 0.6 is 0 Å². The Morgan fingerprint density at radius 1 is 1.67 bits per heavy atom. The summed E-state index contributed by atoms with van der Waals surface area (Å²) in [5.41, 5.74) is 0. The second-order valence-corrected chi connectivity index (χ2v) is 3.23. The summed E-state index contributed by atoms with van der Waals surface area (Å²) in [5, 5.41) is 0. The van der Waals surface area contributed by atoms with Crippen LogP contribution in [-0.4, -0.2) is 31.3 Å². The van der Waals surface area contributed by atoms with Gasteiger partial charge in [0.1, 0.15) is 12.4 Å². The maximum absolute atomic E-state index is 10.3. The van der Waals surface area contributed by atoms with E-state index < -0.39 is 21.8 Å². The zero-order chi connectivity index (χ0) is 8.91. The third-order valence-electron chi connectivity index (χ3n) is 0.752. The first kappa shape index (κ1) is 14.6. The molecule has 66 valence electrons. The van der Waals surface area contributed by atoms with E-state index >= 15 is 0 Å². The molecule has 12 heavy (non-hydrogen) atoms. The largest absolute Gasteiger partial charge is 1.00 e. The van der Waals surface area contributed by atoms with Gasteiger partial charge in [0, 0.05) is 6.08 Å². The molecule has 0 rings (SSSR count). The van der Waals surface area contributed by atoms with Crippen LogP contribution in [0.15, 0.2) is 12.7 Å². The van der Waals surface area contributed by atoms with Crippen molar-refractivity contribution in [2.75, 3.05) is 12.4 Å². The summed E-state index contributed by atoms with van der Waals surface area (Å²) in [6, 6.07) is 0. The number of hydrogen-bond donors (Lipinski definition) is 1. The second kappa shape index (κ2) is 6.62. The van der Waals surface area contributed by atoms with Crippen molar-refractivity contribution in [3.8, 4) is 0 Å². The number of ether oxygens (including phenoxy) is 1. The zero-order valence-electron chi connectivity index (χ0n) is 7.69. The van der Waals surface area contributed by atoms with Crippen molar-refractivity contribution in [3.05, 3.63) is 12.7 Å². The number of rotatable bonds is 4. The second-order valence-electron chi connectivity index (χ2n) is 1.66. The quantitative estimate of drug-likeness (QED) is 0.225. The molecule has 0 unspecified atom stereocenters. The summed E-state index contributed by atoms with van der Waals surface area (Å²) in [6.45, 7) is 2.73. The zero-order valence-corrected chi connectivity index (χ0v) is 9.50. The summed E-state index contributed by atoms with van der Waals surface area (Å²) in [7, 11) is -4.04. The molecule has 0 aromatic carbocycles. The average molecular weight is 204 g/mol. The molecule has 0 bridgehead atoms. The Morgan fingerprint density at radius 2 is 2.17 bits per heavy atom. The van der Waals surface area contributed by atoms with Crippen molar-refractivity contribution >= 4 is 16.1 Å². The van der Waals surface area contributed by atoms with Crippen molar-refractivity contribution in [1.29, 1.82) is 0 Å². The van der Waals surface area contributed by atoms with Gasteiger partial charge in [0.2, 0.25) is 0 Å². The van der Waals surface area contributed by atoms with Crippen molar-refractivity contribution in [3.63, 3.8) is 0 Å². The molecule has 0 aliphatic heterocycles. The van der Waals surface area contributed by atoms with E-state index in [1.165, 1.54) is 0 Å². The minimum absolute atomic E-state index is 0. The van der Waals surface area contributed by atoms with Crippen LogP contribution in [0, 0.1) is 0 Å². The first-order valence-corrected chi connectivity index (χ1v) is 4.31. The fourth-order valence-corrected chi connectivity index (χ4v) is 0.600. The molecule has 0 heterocycles. The summed E-state index contributed by atoms with van der Waals surface area (Å²) >= 11 is 0. The first-order chi connectivity index (χ1) is 4.95. The van der Waals surface area contributed by atoms with Gasteiger partial charge in [-0.2, -0.15) is 8.42 Å². The van der Waals surface area contributed by atoms with E-state index in [4.69, 9.17) is 4.55 Å². The predicted octanol–water partition coefficient (Wildman–Crippen LogP) is -3.28. The van der Waals surface area contributed by atoms with Gasteiger partial charge in [-0.3, -0.25) is 4.55 Å². The minimum atomic E-state index is -4.04. The standard InChI is InChI=1S/C5H8O5S.Na.H/c1-2-5(6)10-3-4-11(7,8)9;;/h2H,1,3-4H2,(H,7,8,9);;/q;+1;-1. The number of esters is 1. The van der Waals surface area contributed by atoms with Gasteiger partial charge >= 0.3 is 35.5 Å². The summed E-state index contributed by atoms with van der Waals surface area (Å²) in [5.74, 6) is -1.30. The van der Waals surface area contributed by atoms with Gasteiger partial charge in [-0.25, -0.2) is 4.79 Å². The molecule has 5 nitrogen and oxygen atoms in total. The van der Waals surface area contributed by atoms with Gasteiger partial charge in [-0.1, -0.05) is 6.58 Å². The number of carbonyl (C=O) groups is 1. The van der Waals surface area contributed by atoms with E-state index in [1.54, 1.807) is 0 Å². The van der Waals surface area contributed by atoms with Crippen LogP contribution in [0.2, 0.25) is 0 Å². The van der Waals surface area contributed by atoms with Crippen LogP contribution in [-0.2, 0) is 19.6 Å². The van der Waals surface area contributed by atoms with Crippen LogP contribution in [0.25, 0.3) is 0 Å². The van der Waals surface area contributed by atoms with Gasteiger partial charge in [-0.15, -0.1) is 0 Å². The SMILES string of the molecule is C=CC(=O)OCCS(=O)(=O)O.[H-].[Na+]. The molecule has 0 aromatic heterocycles. The molecule has 0 aromatic rings. The Bertz CT molecular complexity index is 250. The van der Waals surface area contributed by atoms with Gasteiger partial charge in [-0.05, 0) is 0 Å². The average Bonchev–Trinajstić information content (AvgIpc) is 1.85. The summed E-state index contributed by atoms with van der Waals surface area (Å²) in [4.78, 5) is 10.3. The third kappa shape index (κ3) is 10.1. The molecule has 0 aliphatic rings. The molecular weight excluding hydrogens is 195 g/mol. The summed E-state index contributed by atoms with van der Waals surface area (Å²) in [6.07, 6.45) is 0.907. The van der Waals surface area contributed by atoms with Crippen LogP contribution in [0.1, 0.15) is 1.43 Å². The molecule has 0 saturated heterocycles. The molecule has 1 N–H and O–H groups in total. The van der Waals surface area contributed by atoms with Gasteiger partial charge in [0.15, 0.2) is 0 Å². The topological polar surface area (TPSA) is 80.7 Å². The van der Waals surface area contributed by atoms with Gasteiger partial charge in [0.05, 0.1) is 0 Å². The van der Waals surface area contributed by atoms with Gasteiger partial charge < -0.3 is 6.16 Å². The molecule has 0 spiro atoms. The normalized spacial score (nSPS) is 9.75. The van der Waals surface area contributed by atoms with Crippen molar-refractivity contribution in [2.24, 2.45) is 0 Å². The first-order valence-electron chi connectivity index (χ1n) is 2.70. The van der Waals surface area contributed by atoms with Crippen molar-refractivity contribution < 1.29 is 53.5 Å². The summed E-state index contributed by atoms with van der Waals surface area (Å²) < 4.78 is 32.5. The fourth-order valence-electron chi connectivity index (χ4n) is 0.306. The minimum Gasteiger partial charge on any atom is -1.00 e. The smallest absolute Gasteiger partial charge is 1.00 e. The van der Waals surface area contributed by atoms with E-state index in [9.17, 15) is 13.2 Å². The van der Waals surface area contributed by atoms with Crippen LogP contribution in [0.5, 0.6) is 0 Å². The van der Waals surface area contributed by atoms with Crippen molar-refractivity contribution in [1.82, 2.24) is 0 Å². The molecule has 0 amide bonds. The number of carbonyl (C=O) groups excluding carboxylic acids is 1. The maximum Gasteiger partial charge on any atom is 1.00 e. The Hall–Kier alpha value is 0.120. The molecule has 0 aliphatic carbocycles. The van der Waals surface area contributed by atoms with E-state index in [1.807, 2.05) is 0 Å². The molecule has 0 saturated carbocycles. The molecule has 7 heteroatoms. The number of hydrogen-bond acceptors (Lipinski definition) is 4. The van der Waals surface area contributed by atoms with E-state index in [0.717, 1.165) is 6.08 Å². The van der Waals surface area contributed by atoms with Gasteiger partial charge in [0.25, 0.3) is 10.1 Å². The predicted molar refractivity (Wildman–Crippen MR) is 38.7 cm³/mol. The Labute approximate surface area is 94.3 Å². The Balaban J connectivity index is -0.000000500. The molecule has 0 fully saturated rings. The fraction of sp³-hybridized carbons (Fsp3) is 0.400. The van der Waals surface area contributed by atoms with Crippen LogP contribution in [0.3, 0.4) is 0 Å². The Morgan fingerprint density at radius 3 is 2.50 bits per heavy atom. The monoisotopic (exact) mass is 204 g/mol. The van der Waals surface area contributed by atoms with E-state index in [2.05, 4.69) is 11.3 Å². The van der Waals surface area contributed by atoms with Crippen LogP contribution < -0.4 is 29.6 Å². The molecule has 0 atom stereocenters. The van der Waals surface area contributed by atoms with E-state index in [0.29, 0.717) is 0 Å².